The number of hydrogen-bond donors (Lipinski definition) is 2. The zero-order valence-corrected chi connectivity index (χ0v) is 10.8. The van der Waals surface area contributed by atoms with Crippen LogP contribution in [0.4, 0.5) is 4.79 Å². The summed E-state index contributed by atoms with van der Waals surface area (Å²) in [5, 5.41) is 5.83. The SMILES string of the molecule is CCCNC(=O)NCC1(N(C)C)CCCC1. The predicted molar refractivity (Wildman–Crippen MR) is 66.6 cm³/mol. The summed E-state index contributed by atoms with van der Waals surface area (Å²) >= 11 is 0. The number of nitrogens with zero attached hydrogens (tertiary/aromatic N) is 1. The second-order valence-corrected chi connectivity index (χ2v) is 4.94. The van der Waals surface area contributed by atoms with Gasteiger partial charge in [0.15, 0.2) is 0 Å². The summed E-state index contributed by atoms with van der Waals surface area (Å²) < 4.78 is 0. The Morgan fingerprint density at radius 3 is 2.38 bits per heavy atom. The normalized spacial score (nSPS) is 18.8. The van der Waals surface area contributed by atoms with E-state index in [1.165, 1.54) is 25.7 Å². The fraction of sp³-hybridized carbons (Fsp3) is 0.917. The van der Waals surface area contributed by atoms with Crippen molar-refractivity contribution in [2.45, 2.75) is 44.6 Å². The van der Waals surface area contributed by atoms with Gasteiger partial charge in [-0.25, -0.2) is 4.79 Å². The monoisotopic (exact) mass is 227 g/mol. The molecule has 1 fully saturated rings. The molecule has 16 heavy (non-hydrogen) atoms. The summed E-state index contributed by atoms with van der Waals surface area (Å²) in [4.78, 5) is 13.7. The minimum Gasteiger partial charge on any atom is -0.338 e. The maximum atomic E-state index is 11.5. The Kier molecular flexibility index (Phi) is 5.06. The van der Waals surface area contributed by atoms with Gasteiger partial charge in [-0.05, 0) is 33.4 Å². The molecule has 2 amide bonds. The Balaban J connectivity index is 2.36. The molecule has 0 aliphatic heterocycles. The molecule has 4 heteroatoms. The molecule has 4 nitrogen and oxygen atoms in total. The first-order valence-corrected chi connectivity index (χ1v) is 6.30. The van der Waals surface area contributed by atoms with Crippen LogP contribution in [0.5, 0.6) is 0 Å². The van der Waals surface area contributed by atoms with E-state index >= 15 is 0 Å². The minimum absolute atomic E-state index is 0.0324. The quantitative estimate of drug-likeness (QED) is 0.749. The van der Waals surface area contributed by atoms with Gasteiger partial charge in [0.25, 0.3) is 0 Å². The Bertz CT molecular complexity index is 222. The largest absolute Gasteiger partial charge is 0.338 e. The molecule has 0 atom stereocenters. The Labute approximate surface area is 98.8 Å². The lowest BCUT2D eigenvalue weighted by molar-refractivity contribution is 0.154. The van der Waals surface area contributed by atoms with Gasteiger partial charge < -0.3 is 15.5 Å². The van der Waals surface area contributed by atoms with E-state index in [-0.39, 0.29) is 11.6 Å². The molecule has 0 radical (unpaired) electrons. The second kappa shape index (κ2) is 6.09. The maximum Gasteiger partial charge on any atom is 0.314 e. The van der Waals surface area contributed by atoms with Crippen molar-refractivity contribution in [3.05, 3.63) is 0 Å². The van der Waals surface area contributed by atoms with E-state index in [1.54, 1.807) is 0 Å². The van der Waals surface area contributed by atoms with Crippen LogP contribution in [0.25, 0.3) is 0 Å². The molecule has 0 unspecified atom stereocenters. The average molecular weight is 227 g/mol. The summed E-state index contributed by atoms with van der Waals surface area (Å²) in [5.74, 6) is 0. The summed E-state index contributed by atoms with van der Waals surface area (Å²) in [6, 6.07) is -0.0324. The van der Waals surface area contributed by atoms with Crippen LogP contribution >= 0.6 is 0 Å². The van der Waals surface area contributed by atoms with Crippen LogP contribution in [0.2, 0.25) is 0 Å². The van der Waals surface area contributed by atoms with Gasteiger partial charge in [-0.1, -0.05) is 19.8 Å². The molecule has 94 valence electrons. The lowest BCUT2D eigenvalue weighted by Crippen LogP contribution is -2.52. The highest BCUT2D eigenvalue weighted by molar-refractivity contribution is 5.73. The molecule has 0 spiro atoms. The first kappa shape index (κ1) is 13.3. The molecular weight excluding hydrogens is 202 g/mol. The van der Waals surface area contributed by atoms with Gasteiger partial charge in [0.1, 0.15) is 0 Å². The lowest BCUT2D eigenvalue weighted by atomic mass is 9.96. The molecule has 0 bridgehead atoms. The van der Waals surface area contributed by atoms with E-state index in [4.69, 9.17) is 0 Å². The fourth-order valence-corrected chi connectivity index (χ4v) is 2.36. The van der Waals surface area contributed by atoms with E-state index in [9.17, 15) is 4.79 Å². The van der Waals surface area contributed by atoms with E-state index in [1.807, 2.05) is 0 Å². The third-order valence-electron chi connectivity index (χ3n) is 3.60. The molecule has 0 heterocycles. The van der Waals surface area contributed by atoms with Crippen LogP contribution in [0.15, 0.2) is 0 Å². The van der Waals surface area contributed by atoms with Gasteiger partial charge in [0.2, 0.25) is 0 Å². The number of nitrogens with one attached hydrogen (secondary N) is 2. The van der Waals surface area contributed by atoms with Crippen molar-refractivity contribution in [1.29, 1.82) is 0 Å². The number of rotatable bonds is 5. The standard InChI is InChI=1S/C12H25N3O/c1-4-9-13-11(16)14-10-12(15(2)3)7-5-6-8-12/h4-10H2,1-3H3,(H2,13,14,16). The van der Waals surface area contributed by atoms with Gasteiger partial charge >= 0.3 is 6.03 Å². The third kappa shape index (κ3) is 3.37. The van der Waals surface area contributed by atoms with Gasteiger partial charge in [-0.3, -0.25) is 0 Å². The highest BCUT2D eigenvalue weighted by atomic mass is 16.2. The number of amides is 2. The zero-order valence-electron chi connectivity index (χ0n) is 10.8. The van der Waals surface area contributed by atoms with Crippen LogP contribution in [0.1, 0.15) is 39.0 Å². The van der Waals surface area contributed by atoms with E-state index in [0.717, 1.165) is 19.5 Å². The molecule has 1 aliphatic rings. The average Bonchev–Trinajstić information content (AvgIpc) is 2.73. The van der Waals surface area contributed by atoms with Crippen LogP contribution in [-0.4, -0.2) is 43.7 Å². The molecule has 0 aromatic rings. The number of hydrogen-bond acceptors (Lipinski definition) is 2. The molecule has 0 aromatic heterocycles. The van der Waals surface area contributed by atoms with Crippen molar-refractivity contribution in [2.75, 3.05) is 27.2 Å². The Morgan fingerprint density at radius 2 is 1.88 bits per heavy atom. The molecule has 1 saturated carbocycles. The molecule has 0 aromatic carbocycles. The van der Waals surface area contributed by atoms with Crippen LogP contribution in [0, 0.1) is 0 Å². The molecule has 1 aliphatic carbocycles. The van der Waals surface area contributed by atoms with E-state index < -0.39 is 0 Å². The summed E-state index contributed by atoms with van der Waals surface area (Å²) in [5.41, 5.74) is 0.184. The highest BCUT2D eigenvalue weighted by Crippen LogP contribution is 2.32. The lowest BCUT2D eigenvalue weighted by Gasteiger charge is -2.36. The first-order valence-electron chi connectivity index (χ1n) is 6.30. The maximum absolute atomic E-state index is 11.5. The van der Waals surface area contributed by atoms with Gasteiger partial charge in [-0.2, -0.15) is 0 Å². The summed E-state index contributed by atoms with van der Waals surface area (Å²) in [6.07, 6.45) is 5.90. The highest BCUT2D eigenvalue weighted by Gasteiger charge is 2.35. The molecule has 2 N–H and O–H groups in total. The second-order valence-electron chi connectivity index (χ2n) is 4.94. The van der Waals surface area contributed by atoms with E-state index in [0.29, 0.717) is 0 Å². The van der Waals surface area contributed by atoms with Crippen LogP contribution in [-0.2, 0) is 0 Å². The van der Waals surface area contributed by atoms with Crippen molar-refractivity contribution in [1.82, 2.24) is 15.5 Å². The zero-order chi connectivity index (χ0) is 12.0. The van der Waals surface area contributed by atoms with Gasteiger partial charge in [0, 0.05) is 18.6 Å². The topological polar surface area (TPSA) is 44.4 Å². The van der Waals surface area contributed by atoms with Gasteiger partial charge in [-0.15, -0.1) is 0 Å². The van der Waals surface area contributed by atoms with Crippen molar-refractivity contribution in [2.24, 2.45) is 0 Å². The van der Waals surface area contributed by atoms with E-state index in [2.05, 4.69) is 36.6 Å². The number of urea groups is 1. The molecular formula is C12H25N3O. The van der Waals surface area contributed by atoms with Crippen molar-refractivity contribution < 1.29 is 4.79 Å². The number of carbonyl (C=O) groups is 1. The Morgan fingerprint density at radius 1 is 1.25 bits per heavy atom. The number of carbonyl (C=O) groups excluding carboxylic acids is 1. The smallest absolute Gasteiger partial charge is 0.314 e. The molecule has 1 rings (SSSR count). The van der Waals surface area contributed by atoms with Gasteiger partial charge in [0.05, 0.1) is 0 Å². The summed E-state index contributed by atoms with van der Waals surface area (Å²) in [6.45, 7) is 3.56. The number of likely N-dealkylation sites (N-methyl/N-ethyl adjacent to an activating group) is 1. The van der Waals surface area contributed by atoms with Crippen molar-refractivity contribution in [3.8, 4) is 0 Å². The Hall–Kier alpha value is -0.770. The third-order valence-corrected chi connectivity index (χ3v) is 3.60. The van der Waals surface area contributed by atoms with Crippen molar-refractivity contribution in [3.63, 3.8) is 0 Å². The molecule has 0 saturated heterocycles. The minimum atomic E-state index is -0.0324. The van der Waals surface area contributed by atoms with Crippen molar-refractivity contribution >= 4 is 6.03 Å². The van der Waals surface area contributed by atoms with Crippen LogP contribution < -0.4 is 10.6 Å². The fourth-order valence-electron chi connectivity index (χ4n) is 2.36. The first-order chi connectivity index (χ1) is 7.60. The summed E-state index contributed by atoms with van der Waals surface area (Å²) in [7, 11) is 4.22. The van der Waals surface area contributed by atoms with Crippen LogP contribution in [0.3, 0.4) is 0 Å². The predicted octanol–water partition coefficient (Wildman–Crippen LogP) is 1.57.